The second kappa shape index (κ2) is 6.08. The standard InChI is InChI=1S/C19H25NO3/c1-12-4-5-13(2)15(10-12)16-17(21)19(20-18(16)22)8-6-14(7-9-19)11-23-3/h4-5,10,14,16H,6-9,11H2,1-3H3,(H,20,22). The van der Waals surface area contributed by atoms with E-state index >= 15 is 0 Å². The van der Waals surface area contributed by atoms with Crippen LogP contribution < -0.4 is 5.32 Å². The average molecular weight is 315 g/mol. The molecule has 2 fully saturated rings. The summed E-state index contributed by atoms with van der Waals surface area (Å²) < 4.78 is 5.23. The molecule has 1 heterocycles. The van der Waals surface area contributed by atoms with Crippen molar-refractivity contribution in [1.82, 2.24) is 5.32 Å². The Morgan fingerprint density at radius 3 is 2.57 bits per heavy atom. The minimum atomic E-state index is -0.651. The minimum absolute atomic E-state index is 0.0621. The SMILES string of the molecule is COCC1CCC2(CC1)NC(=O)C(c1cc(C)ccc1C)C2=O. The van der Waals surface area contributed by atoms with E-state index in [1.54, 1.807) is 7.11 Å². The molecule has 3 rings (SSSR count). The summed E-state index contributed by atoms with van der Waals surface area (Å²) in [5, 5.41) is 3.05. The molecule has 0 bridgehead atoms. The Balaban J connectivity index is 1.85. The molecule has 4 nitrogen and oxygen atoms in total. The minimum Gasteiger partial charge on any atom is -0.384 e. The first-order chi connectivity index (χ1) is 11.0. The molecule has 1 unspecified atom stereocenters. The molecule has 1 N–H and O–H groups in total. The van der Waals surface area contributed by atoms with Crippen LogP contribution in [0.4, 0.5) is 0 Å². The number of hydrogen-bond donors (Lipinski definition) is 1. The zero-order chi connectivity index (χ0) is 16.6. The summed E-state index contributed by atoms with van der Waals surface area (Å²) in [7, 11) is 1.71. The van der Waals surface area contributed by atoms with Crippen LogP contribution in [0.15, 0.2) is 18.2 Å². The van der Waals surface area contributed by atoms with Crippen LogP contribution in [0.1, 0.15) is 48.3 Å². The number of rotatable bonds is 3. The lowest BCUT2D eigenvalue weighted by atomic mass is 9.73. The van der Waals surface area contributed by atoms with Crippen LogP contribution in [-0.4, -0.2) is 30.9 Å². The third-order valence-electron chi connectivity index (χ3n) is 5.47. The van der Waals surface area contributed by atoms with E-state index in [0.29, 0.717) is 5.92 Å². The van der Waals surface area contributed by atoms with Gasteiger partial charge in [0.1, 0.15) is 5.92 Å². The van der Waals surface area contributed by atoms with Gasteiger partial charge in [-0.05, 0) is 56.6 Å². The fourth-order valence-electron chi connectivity index (χ4n) is 4.06. The second-order valence-electron chi connectivity index (χ2n) is 7.13. The lowest BCUT2D eigenvalue weighted by Gasteiger charge is -2.35. The number of methoxy groups -OCH3 is 1. The quantitative estimate of drug-likeness (QED) is 0.873. The van der Waals surface area contributed by atoms with Gasteiger partial charge in [-0.15, -0.1) is 0 Å². The second-order valence-corrected chi connectivity index (χ2v) is 7.13. The van der Waals surface area contributed by atoms with Crippen LogP contribution in [0.25, 0.3) is 0 Å². The first-order valence-electron chi connectivity index (χ1n) is 8.39. The van der Waals surface area contributed by atoms with Gasteiger partial charge in [0.2, 0.25) is 5.91 Å². The molecule has 1 saturated heterocycles. The number of benzene rings is 1. The summed E-state index contributed by atoms with van der Waals surface area (Å²) in [6.45, 7) is 4.69. The summed E-state index contributed by atoms with van der Waals surface area (Å²) >= 11 is 0. The van der Waals surface area contributed by atoms with Crippen molar-refractivity contribution < 1.29 is 14.3 Å². The molecular weight excluding hydrogens is 290 g/mol. The van der Waals surface area contributed by atoms with Crippen molar-refractivity contribution in [3.05, 3.63) is 34.9 Å². The molecule has 4 heteroatoms. The molecule has 1 spiro atoms. The third-order valence-corrected chi connectivity index (χ3v) is 5.47. The first-order valence-corrected chi connectivity index (χ1v) is 8.39. The van der Waals surface area contributed by atoms with Crippen molar-refractivity contribution in [3.8, 4) is 0 Å². The molecule has 0 radical (unpaired) electrons. The van der Waals surface area contributed by atoms with Gasteiger partial charge in [0.25, 0.3) is 0 Å². The van der Waals surface area contributed by atoms with E-state index < -0.39 is 11.5 Å². The Morgan fingerprint density at radius 2 is 1.91 bits per heavy atom. The van der Waals surface area contributed by atoms with Crippen LogP contribution >= 0.6 is 0 Å². The zero-order valence-electron chi connectivity index (χ0n) is 14.1. The summed E-state index contributed by atoms with van der Waals surface area (Å²) in [6.07, 6.45) is 3.32. The maximum atomic E-state index is 13.1. The highest BCUT2D eigenvalue weighted by Gasteiger charge is 2.54. The maximum Gasteiger partial charge on any atom is 0.235 e. The Kier molecular flexibility index (Phi) is 4.28. The van der Waals surface area contributed by atoms with Crippen LogP contribution in [0.5, 0.6) is 0 Å². The van der Waals surface area contributed by atoms with Gasteiger partial charge in [0.15, 0.2) is 5.78 Å². The summed E-state index contributed by atoms with van der Waals surface area (Å²) in [5.74, 6) is -0.218. The van der Waals surface area contributed by atoms with E-state index in [0.717, 1.165) is 49.0 Å². The summed E-state index contributed by atoms with van der Waals surface area (Å²) in [6, 6.07) is 5.99. The van der Waals surface area contributed by atoms with Crippen LogP contribution in [0, 0.1) is 19.8 Å². The van der Waals surface area contributed by atoms with E-state index in [9.17, 15) is 9.59 Å². The van der Waals surface area contributed by atoms with Gasteiger partial charge in [-0.25, -0.2) is 0 Å². The van der Waals surface area contributed by atoms with E-state index in [4.69, 9.17) is 4.74 Å². The monoisotopic (exact) mass is 315 g/mol. The van der Waals surface area contributed by atoms with Crippen molar-refractivity contribution in [2.45, 2.75) is 51.0 Å². The Hall–Kier alpha value is -1.68. The predicted octanol–water partition coefficient (Wildman–Crippen LogP) is 2.66. The number of ketones is 1. The number of Topliss-reactive ketones (excluding diaryl/α,β-unsaturated/α-hetero) is 1. The van der Waals surface area contributed by atoms with Gasteiger partial charge in [0, 0.05) is 13.7 Å². The fourth-order valence-corrected chi connectivity index (χ4v) is 4.06. The number of amides is 1. The van der Waals surface area contributed by atoms with Gasteiger partial charge >= 0.3 is 0 Å². The lowest BCUT2D eigenvalue weighted by molar-refractivity contribution is -0.126. The Bertz CT molecular complexity index is 630. The molecule has 124 valence electrons. The van der Waals surface area contributed by atoms with Gasteiger partial charge in [-0.1, -0.05) is 23.8 Å². The van der Waals surface area contributed by atoms with Crippen molar-refractivity contribution in [1.29, 1.82) is 0 Å². The zero-order valence-corrected chi connectivity index (χ0v) is 14.1. The largest absolute Gasteiger partial charge is 0.384 e. The molecule has 1 aliphatic heterocycles. The molecule has 0 aromatic heterocycles. The van der Waals surface area contributed by atoms with Gasteiger partial charge in [0.05, 0.1) is 5.54 Å². The molecule has 23 heavy (non-hydrogen) atoms. The summed E-state index contributed by atoms with van der Waals surface area (Å²) in [5.41, 5.74) is 2.30. The van der Waals surface area contributed by atoms with Gasteiger partial charge in [-0.3, -0.25) is 9.59 Å². The molecule has 1 aromatic carbocycles. The summed E-state index contributed by atoms with van der Waals surface area (Å²) in [4.78, 5) is 25.7. The number of aryl methyl sites for hydroxylation is 2. The van der Waals surface area contributed by atoms with Gasteiger partial charge < -0.3 is 10.1 Å². The van der Waals surface area contributed by atoms with Crippen molar-refractivity contribution in [3.63, 3.8) is 0 Å². The highest BCUT2D eigenvalue weighted by Crippen LogP contribution is 2.41. The lowest BCUT2D eigenvalue weighted by Crippen LogP contribution is -2.49. The van der Waals surface area contributed by atoms with Gasteiger partial charge in [-0.2, -0.15) is 0 Å². The number of carbonyl (C=O) groups excluding carboxylic acids is 2. The average Bonchev–Trinajstić information content (AvgIpc) is 2.76. The fraction of sp³-hybridized carbons (Fsp3) is 0.579. The predicted molar refractivity (Wildman–Crippen MR) is 88.4 cm³/mol. The molecular formula is C19H25NO3. The molecule has 1 aliphatic carbocycles. The number of nitrogens with one attached hydrogen (secondary N) is 1. The Morgan fingerprint density at radius 1 is 1.22 bits per heavy atom. The van der Waals surface area contributed by atoms with Crippen molar-refractivity contribution >= 4 is 11.7 Å². The highest BCUT2D eigenvalue weighted by molar-refractivity contribution is 6.17. The Labute approximate surface area is 137 Å². The van der Waals surface area contributed by atoms with E-state index in [-0.39, 0.29) is 11.7 Å². The third kappa shape index (κ3) is 2.80. The maximum absolute atomic E-state index is 13.1. The van der Waals surface area contributed by atoms with E-state index in [1.165, 1.54) is 0 Å². The smallest absolute Gasteiger partial charge is 0.235 e. The number of hydrogen-bond acceptors (Lipinski definition) is 3. The topological polar surface area (TPSA) is 55.4 Å². The molecule has 1 aromatic rings. The number of carbonyl (C=O) groups is 2. The van der Waals surface area contributed by atoms with Crippen molar-refractivity contribution in [2.75, 3.05) is 13.7 Å². The van der Waals surface area contributed by atoms with Crippen molar-refractivity contribution in [2.24, 2.45) is 5.92 Å². The normalized spacial score (nSPS) is 30.7. The first kappa shape index (κ1) is 16.2. The van der Waals surface area contributed by atoms with E-state index in [1.807, 2.05) is 32.0 Å². The molecule has 1 atom stereocenters. The molecule has 1 saturated carbocycles. The number of ether oxygens (including phenoxy) is 1. The van der Waals surface area contributed by atoms with Crippen LogP contribution in [0.3, 0.4) is 0 Å². The van der Waals surface area contributed by atoms with Crippen LogP contribution in [0.2, 0.25) is 0 Å². The molecule has 1 amide bonds. The molecule has 2 aliphatic rings. The highest BCUT2D eigenvalue weighted by atomic mass is 16.5. The van der Waals surface area contributed by atoms with Crippen LogP contribution in [-0.2, 0) is 14.3 Å². The van der Waals surface area contributed by atoms with E-state index in [2.05, 4.69) is 5.32 Å².